The van der Waals surface area contributed by atoms with E-state index in [1.165, 1.54) is 36.4 Å². The molecular weight excluding hydrogens is 643 g/mol. The van der Waals surface area contributed by atoms with Crippen LogP contribution in [0.3, 0.4) is 0 Å². The minimum absolute atomic E-state index is 0.629. The molecule has 0 amide bonds. The third-order valence-corrected chi connectivity index (χ3v) is 6.97. The zero-order valence-corrected chi connectivity index (χ0v) is 22.1. The third-order valence-electron chi connectivity index (χ3n) is 6.97. The summed E-state index contributed by atoms with van der Waals surface area (Å²) in [6.45, 7) is 0. The Bertz CT molecular complexity index is 2210. The minimum Gasteiger partial charge on any atom is -0.206 e. The summed E-state index contributed by atoms with van der Waals surface area (Å²) in [6, 6.07) is 8.54. The molecule has 2 heterocycles. The van der Waals surface area contributed by atoms with Crippen molar-refractivity contribution in [3.63, 3.8) is 0 Å². The Hall–Kier alpha value is -7.21. The predicted octanol–water partition coefficient (Wildman–Crippen LogP) is 6.23. The van der Waals surface area contributed by atoms with Gasteiger partial charge in [0.15, 0.2) is 23.3 Å². The van der Waals surface area contributed by atoms with Crippen molar-refractivity contribution in [3.05, 3.63) is 103 Å². The maximum atomic E-state index is 16.7. The molecule has 47 heavy (non-hydrogen) atoms. The maximum Gasteiger partial charge on any atom is 0.252 e. The summed E-state index contributed by atoms with van der Waals surface area (Å²) in [6.07, 6.45) is 0. The zero-order chi connectivity index (χ0) is 34.6. The fourth-order valence-corrected chi connectivity index (χ4v) is 5.23. The monoisotopic (exact) mass is 644 g/mol. The van der Waals surface area contributed by atoms with Crippen LogP contribution in [0.15, 0.2) is 17.2 Å². The largest absolute Gasteiger partial charge is 0.252 e. The second-order valence-corrected chi connectivity index (χ2v) is 9.10. The van der Waals surface area contributed by atoms with E-state index in [-0.39, 0.29) is 0 Å². The molecule has 0 N–H and O–H groups in total. The van der Waals surface area contributed by atoms with Crippen LogP contribution in [0.4, 0.5) is 39.5 Å². The van der Waals surface area contributed by atoms with Crippen molar-refractivity contribution in [2.75, 3.05) is 0 Å². The topological polar surface area (TPSA) is 169 Å². The SMILES string of the molecule is N#CC(C#N)=C1C(c2c(F)c(F)nc(F)c2F)=C(C#N)c2c1cc1c(c2F)C(C#N)=C(c2c(F)c(F)nc(F)c2F)C1=C(C#N)C#N. The van der Waals surface area contributed by atoms with Gasteiger partial charge < -0.3 is 0 Å². The first kappa shape index (κ1) is 31.2. The van der Waals surface area contributed by atoms with Crippen LogP contribution in [-0.4, -0.2) is 9.97 Å². The van der Waals surface area contributed by atoms with Crippen LogP contribution in [0.5, 0.6) is 0 Å². The molecule has 0 fully saturated rings. The van der Waals surface area contributed by atoms with Gasteiger partial charge in [-0.25, -0.2) is 22.0 Å². The van der Waals surface area contributed by atoms with Gasteiger partial charge in [0.2, 0.25) is 0 Å². The molecule has 2 aromatic heterocycles. The van der Waals surface area contributed by atoms with Gasteiger partial charge in [-0.05, 0) is 17.2 Å². The molecule has 17 heteroatoms. The number of hydrogen-bond acceptors (Lipinski definition) is 8. The highest BCUT2D eigenvalue weighted by molar-refractivity contribution is 6.30. The molecule has 3 aromatic rings. The molecule has 0 saturated carbocycles. The van der Waals surface area contributed by atoms with Gasteiger partial charge in [0, 0.05) is 33.4 Å². The number of allylic oxidation sites excluding steroid dienone is 8. The number of benzene rings is 1. The van der Waals surface area contributed by atoms with Crippen LogP contribution in [-0.2, 0) is 0 Å². The van der Waals surface area contributed by atoms with E-state index in [0.717, 1.165) is 0 Å². The van der Waals surface area contributed by atoms with E-state index in [9.17, 15) is 49.1 Å². The van der Waals surface area contributed by atoms with Gasteiger partial charge >= 0.3 is 0 Å². The van der Waals surface area contributed by atoms with Crippen LogP contribution in [0.25, 0.3) is 33.4 Å². The maximum absolute atomic E-state index is 16.7. The lowest BCUT2D eigenvalue weighted by Gasteiger charge is -2.13. The molecule has 2 aliphatic rings. The third kappa shape index (κ3) is 4.13. The number of nitrogens with zero attached hydrogens (tertiary/aromatic N) is 8. The molecule has 5 rings (SSSR count). The highest BCUT2D eigenvalue weighted by Gasteiger charge is 2.44. The first-order valence-corrected chi connectivity index (χ1v) is 12.0. The van der Waals surface area contributed by atoms with Crippen LogP contribution < -0.4 is 0 Å². The first-order valence-electron chi connectivity index (χ1n) is 12.0. The normalized spacial score (nSPS) is 12.8. The van der Waals surface area contributed by atoms with Gasteiger partial charge in [-0.1, -0.05) is 0 Å². The molecule has 0 radical (unpaired) electrons. The fourth-order valence-electron chi connectivity index (χ4n) is 5.23. The van der Waals surface area contributed by atoms with E-state index in [4.69, 9.17) is 0 Å². The van der Waals surface area contributed by atoms with Crippen molar-refractivity contribution in [1.82, 2.24) is 9.97 Å². The smallest absolute Gasteiger partial charge is 0.206 e. The Labute approximate surface area is 254 Å². The number of rotatable bonds is 2. The number of pyridine rings is 2. The van der Waals surface area contributed by atoms with Gasteiger partial charge in [-0.2, -0.15) is 59.1 Å². The molecule has 0 atom stereocenters. The number of fused-ring (bicyclic) bond motifs is 2. The lowest BCUT2D eigenvalue weighted by Crippen LogP contribution is -2.07. The fraction of sp³-hybridized carbons (Fsp3) is 0. The van der Waals surface area contributed by atoms with Crippen molar-refractivity contribution < 1.29 is 39.5 Å². The summed E-state index contributed by atoms with van der Waals surface area (Å²) < 4.78 is 134. The van der Waals surface area contributed by atoms with E-state index >= 15 is 22.0 Å². The summed E-state index contributed by atoms with van der Waals surface area (Å²) in [7, 11) is 0. The van der Waals surface area contributed by atoms with Gasteiger partial charge in [0.1, 0.15) is 53.4 Å². The van der Waals surface area contributed by atoms with E-state index in [0.29, 0.717) is 6.07 Å². The summed E-state index contributed by atoms with van der Waals surface area (Å²) in [5.41, 5.74) is -16.4. The molecule has 224 valence electrons. The Kier molecular flexibility index (Phi) is 7.34. The standard InChI is InChI=1S/C30HF9N8/c31-22-16-10(14(8(2-40)3-41)18(12(16)6-44)20-23(32)27(36)46-28(37)24(20)33)1-11-15(9(4-42)5-43)19(13(7-45)17(11)22)21-25(34)29(38)47-30(39)26(21)35/h1H. The van der Waals surface area contributed by atoms with E-state index in [2.05, 4.69) is 9.97 Å². The zero-order valence-electron chi connectivity index (χ0n) is 22.1. The molecule has 1 aromatic carbocycles. The summed E-state index contributed by atoms with van der Waals surface area (Å²) >= 11 is 0. The van der Waals surface area contributed by atoms with E-state index in [1.807, 2.05) is 0 Å². The van der Waals surface area contributed by atoms with Crippen LogP contribution in [0.1, 0.15) is 33.4 Å². The average Bonchev–Trinajstić information content (AvgIpc) is 3.54. The molecule has 0 saturated heterocycles. The van der Waals surface area contributed by atoms with Crippen molar-refractivity contribution in [1.29, 1.82) is 31.6 Å². The minimum atomic E-state index is -2.25. The highest BCUT2D eigenvalue weighted by atomic mass is 19.2. The van der Waals surface area contributed by atoms with Gasteiger partial charge in [0.05, 0.1) is 22.3 Å². The number of hydrogen-bond donors (Lipinski definition) is 0. The number of nitriles is 6. The highest BCUT2D eigenvalue weighted by Crippen LogP contribution is 2.56. The molecule has 0 spiro atoms. The molecule has 0 aliphatic heterocycles. The molecule has 2 aliphatic carbocycles. The number of aromatic nitrogens is 2. The van der Waals surface area contributed by atoms with E-state index in [1.54, 1.807) is 0 Å². The van der Waals surface area contributed by atoms with Gasteiger partial charge in [0.25, 0.3) is 23.8 Å². The Morgan fingerprint density at radius 3 is 1.00 bits per heavy atom. The molecule has 8 nitrogen and oxygen atoms in total. The Morgan fingerprint density at radius 2 is 0.745 bits per heavy atom. The van der Waals surface area contributed by atoms with Gasteiger partial charge in [-0.3, -0.25) is 0 Å². The first-order chi connectivity index (χ1) is 22.3. The van der Waals surface area contributed by atoms with Crippen molar-refractivity contribution >= 4 is 33.4 Å². The quantitative estimate of drug-likeness (QED) is 0.180. The van der Waals surface area contributed by atoms with Crippen LogP contribution in [0, 0.1) is 121 Å². The Balaban J connectivity index is 2.08. The van der Waals surface area contributed by atoms with Gasteiger partial charge in [-0.15, -0.1) is 0 Å². The van der Waals surface area contributed by atoms with Crippen molar-refractivity contribution in [2.24, 2.45) is 0 Å². The average molecular weight is 644 g/mol. The van der Waals surface area contributed by atoms with E-state index < -0.39 is 131 Å². The lowest BCUT2D eigenvalue weighted by atomic mass is 9.89. The Morgan fingerprint density at radius 1 is 0.447 bits per heavy atom. The molecule has 0 bridgehead atoms. The molecule has 0 unspecified atom stereocenters. The number of halogens is 9. The molecular formula is C30HF9N8. The lowest BCUT2D eigenvalue weighted by molar-refractivity contribution is 0.404. The predicted molar refractivity (Wildman–Crippen MR) is 136 cm³/mol. The van der Waals surface area contributed by atoms with Crippen LogP contribution in [0.2, 0.25) is 0 Å². The van der Waals surface area contributed by atoms with Crippen molar-refractivity contribution in [3.8, 4) is 36.4 Å². The summed E-state index contributed by atoms with van der Waals surface area (Å²) in [4.78, 5) is 4.76. The van der Waals surface area contributed by atoms with Crippen molar-refractivity contribution in [2.45, 2.75) is 0 Å². The second kappa shape index (κ2) is 11.1. The summed E-state index contributed by atoms with van der Waals surface area (Å²) in [5, 5.41) is 58.7. The van der Waals surface area contributed by atoms with Crippen LogP contribution >= 0.6 is 0 Å². The summed E-state index contributed by atoms with van der Waals surface area (Å²) in [5.74, 6) is -19.8. The second-order valence-electron chi connectivity index (χ2n) is 9.10.